The average molecular weight is 647 g/mol. The lowest BCUT2D eigenvalue weighted by atomic mass is 9.54. The van der Waals surface area contributed by atoms with Gasteiger partial charge in [-0.2, -0.15) is 0 Å². The molecule has 200 valence electrons. The molecule has 1 fully saturated rings. The predicted octanol–water partition coefficient (Wildman–Crippen LogP) is 7.19. The molecule has 7 rings (SSSR count). The van der Waals surface area contributed by atoms with E-state index in [2.05, 4.69) is 21.2 Å². The fraction of sp³-hybridized carbons (Fsp3) is 0.300. The smallest absolute Gasteiger partial charge is 0.235 e. The van der Waals surface area contributed by atoms with Crippen molar-refractivity contribution in [3.8, 4) is 0 Å². The van der Waals surface area contributed by atoms with Crippen LogP contribution in [0.3, 0.4) is 0 Å². The first kappa shape index (κ1) is 26.8. The summed E-state index contributed by atoms with van der Waals surface area (Å²) in [5.41, 5.74) is 3.73. The van der Waals surface area contributed by atoms with Gasteiger partial charge >= 0.3 is 0 Å². The summed E-state index contributed by atoms with van der Waals surface area (Å²) in [6.45, 7) is 0.261. The molecule has 0 radical (unpaired) electrons. The quantitative estimate of drug-likeness (QED) is 0.168. The maximum Gasteiger partial charge on any atom is 0.235 e. The number of likely N-dealkylation sites (tertiary alicyclic amines) is 1. The third-order valence-electron chi connectivity index (χ3n) is 8.17. The summed E-state index contributed by atoms with van der Waals surface area (Å²) in [4.78, 5) is 39.0. The number of alkyl halides is 2. The molecule has 0 aromatic heterocycles. The molecule has 1 N–H and O–H groups in total. The lowest BCUT2D eigenvalue weighted by Crippen LogP contribution is -2.57. The number of halogens is 4. The summed E-state index contributed by atoms with van der Waals surface area (Å²) in [6, 6.07) is 20.5. The number of unbranched alkanes of at least 4 members (excludes halogenated alkanes) is 2. The molecule has 39 heavy (non-hydrogen) atoms. The van der Waals surface area contributed by atoms with Crippen LogP contribution in [0.4, 0.5) is 5.69 Å². The van der Waals surface area contributed by atoms with Crippen molar-refractivity contribution >= 4 is 74.1 Å². The molecule has 3 amide bonds. The highest BCUT2D eigenvalue weighted by molar-refractivity contribution is 9.10. The number of hydrogen-bond acceptors (Lipinski definition) is 3. The van der Waals surface area contributed by atoms with E-state index in [0.717, 1.165) is 26.7 Å². The molecule has 0 saturated carbocycles. The van der Waals surface area contributed by atoms with Crippen LogP contribution in [-0.4, -0.2) is 29.2 Å². The van der Waals surface area contributed by atoms with E-state index in [1.54, 1.807) is 12.1 Å². The van der Waals surface area contributed by atoms with Crippen molar-refractivity contribution in [2.75, 3.05) is 11.9 Å². The van der Waals surface area contributed by atoms with Gasteiger partial charge in [0, 0.05) is 17.4 Å². The van der Waals surface area contributed by atoms with Crippen LogP contribution >= 0.6 is 50.7 Å². The first-order chi connectivity index (χ1) is 18.7. The molecule has 0 unspecified atom stereocenters. The van der Waals surface area contributed by atoms with Gasteiger partial charge < -0.3 is 5.32 Å². The lowest BCUT2D eigenvalue weighted by molar-refractivity contribution is -0.140. The summed E-state index contributed by atoms with van der Waals surface area (Å²) < 4.78 is 0.831. The largest absolute Gasteiger partial charge is 0.325 e. The van der Waals surface area contributed by atoms with Gasteiger partial charge in [-0.3, -0.25) is 19.3 Å². The number of amides is 3. The fourth-order valence-electron chi connectivity index (χ4n) is 6.48. The van der Waals surface area contributed by atoms with Crippen LogP contribution in [0.25, 0.3) is 0 Å². The zero-order valence-corrected chi connectivity index (χ0v) is 24.6. The third kappa shape index (κ3) is 3.98. The van der Waals surface area contributed by atoms with E-state index >= 15 is 0 Å². The fourth-order valence-corrected chi connectivity index (χ4v) is 8.30. The van der Waals surface area contributed by atoms with E-state index < -0.39 is 21.6 Å². The minimum absolute atomic E-state index is 0.140. The van der Waals surface area contributed by atoms with E-state index in [9.17, 15) is 14.4 Å². The number of benzene rings is 3. The van der Waals surface area contributed by atoms with Crippen molar-refractivity contribution in [3.05, 3.63) is 98.5 Å². The Kier molecular flexibility index (Phi) is 6.82. The summed E-state index contributed by atoms with van der Waals surface area (Å²) in [5, 5.41) is 3.28. The van der Waals surface area contributed by atoms with Gasteiger partial charge in [0.1, 0.15) is 9.75 Å². The SMILES string of the molecule is O=C(CCCCCN1C(=O)[C@@H]2[C@H](C1=O)C1(Cl)c3ccccc3C2(Cl)c2ccccc21)Nc1ccc(Br)cc1Cl. The van der Waals surface area contributed by atoms with Crippen molar-refractivity contribution in [2.24, 2.45) is 11.8 Å². The molecule has 3 aromatic rings. The van der Waals surface area contributed by atoms with Gasteiger partial charge in [-0.25, -0.2) is 0 Å². The Morgan fingerprint density at radius 2 is 1.33 bits per heavy atom. The standard InChI is InChI=1S/C30H24BrCl3N2O3/c31-17-13-14-23(22(32)16-17)35-24(37)12-2-1-7-15-36-27(38)25-26(28(36)39)30(34)19-9-4-3-8-18(19)29(25,33)20-10-5-6-11-21(20)30/h3-6,8-11,13-14,16,25-26H,1-2,7,12,15H2,(H,35,37)/t25-,26+,29?,30?. The number of carbonyl (C=O) groups is 3. The van der Waals surface area contributed by atoms with Gasteiger partial charge in [0.05, 0.1) is 22.5 Å². The first-order valence-electron chi connectivity index (χ1n) is 12.9. The van der Waals surface area contributed by atoms with Crippen molar-refractivity contribution in [2.45, 2.75) is 35.4 Å². The number of carbonyl (C=O) groups excluding carboxylic acids is 3. The summed E-state index contributed by atoms with van der Waals surface area (Å²) in [6.07, 6.45) is 2.17. The van der Waals surface area contributed by atoms with E-state index in [1.807, 2.05) is 54.6 Å². The summed E-state index contributed by atoms with van der Waals surface area (Å²) >= 11 is 24.4. The van der Waals surface area contributed by atoms with Crippen LogP contribution in [0.5, 0.6) is 0 Å². The number of hydrogen-bond donors (Lipinski definition) is 1. The number of nitrogens with one attached hydrogen (secondary N) is 1. The predicted molar refractivity (Wildman–Crippen MR) is 156 cm³/mol. The van der Waals surface area contributed by atoms with Crippen LogP contribution in [0.1, 0.15) is 47.9 Å². The molecule has 3 aromatic carbocycles. The van der Waals surface area contributed by atoms with Gasteiger partial charge in [-0.1, -0.05) is 82.5 Å². The van der Waals surface area contributed by atoms with Crippen LogP contribution in [-0.2, 0) is 24.1 Å². The Bertz CT molecular complexity index is 1410. The zero-order chi connectivity index (χ0) is 27.5. The first-order valence-corrected chi connectivity index (χ1v) is 14.8. The molecular formula is C30H24BrCl3N2O3. The highest BCUT2D eigenvalue weighted by atomic mass is 79.9. The monoisotopic (exact) mass is 644 g/mol. The molecule has 9 heteroatoms. The number of nitrogens with zero attached hydrogens (tertiary/aromatic N) is 1. The molecule has 1 aliphatic heterocycles. The second-order valence-electron chi connectivity index (χ2n) is 10.3. The average Bonchev–Trinajstić information content (AvgIpc) is 3.19. The zero-order valence-electron chi connectivity index (χ0n) is 20.7. The highest BCUT2D eigenvalue weighted by Gasteiger charge is 2.72. The second-order valence-corrected chi connectivity index (χ2v) is 12.8. The number of imide groups is 1. The van der Waals surface area contributed by atoms with Gasteiger partial charge in [-0.15, -0.1) is 23.2 Å². The molecule has 5 nitrogen and oxygen atoms in total. The third-order valence-corrected chi connectivity index (χ3v) is 10.3. The molecular weight excluding hydrogens is 623 g/mol. The Morgan fingerprint density at radius 3 is 1.82 bits per heavy atom. The molecule has 2 atom stereocenters. The highest BCUT2D eigenvalue weighted by Crippen LogP contribution is 2.69. The normalized spacial score (nSPS) is 26.3. The molecule has 0 spiro atoms. The van der Waals surface area contributed by atoms with Crippen LogP contribution < -0.4 is 5.32 Å². The molecule has 1 saturated heterocycles. The minimum atomic E-state index is -1.16. The van der Waals surface area contributed by atoms with E-state index in [1.165, 1.54) is 4.90 Å². The maximum absolute atomic E-state index is 13.8. The molecule has 4 aliphatic rings. The van der Waals surface area contributed by atoms with Crippen LogP contribution in [0, 0.1) is 11.8 Å². The Balaban J connectivity index is 1.15. The van der Waals surface area contributed by atoms with Crippen LogP contribution in [0.2, 0.25) is 5.02 Å². The van der Waals surface area contributed by atoms with E-state index in [4.69, 9.17) is 34.8 Å². The topological polar surface area (TPSA) is 66.5 Å². The van der Waals surface area contributed by atoms with Crippen molar-refractivity contribution < 1.29 is 14.4 Å². The van der Waals surface area contributed by atoms with Gasteiger partial charge in [0.2, 0.25) is 17.7 Å². The van der Waals surface area contributed by atoms with Gasteiger partial charge in [0.15, 0.2) is 0 Å². The van der Waals surface area contributed by atoms with Crippen molar-refractivity contribution in [3.63, 3.8) is 0 Å². The Hall–Kier alpha value is -2.38. The van der Waals surface area contributed by atoms with Gasteiger partial charge in [-0.05, 0) is 53.3 Å². The van der Waals surface area contributed by atoms with Crippen LogP contribution in [0.15, 0.2) is 71.2 Å². The summed E-state index contributed by atoms with van der Waals surface area (Å²) in [5.74, 6) is -2.27. The van der Waals surface area contributed by atoms with Gasteiger partial charge in [0.25, 0.3) is 0 Å². The molecule has 1 heterocycles. The molecule has 2 bridgehead atoms. The van der Waals surface area contributed by atoms with Crippen molar-refractivity contribution in [1.29, 1.82) is 0 Å². The minimum Gasteiger partial charge on any atom is -0.325 e. The van der Waals surface area contributed by atoms with E-state index in [0.29, 0.717) is 36.4 Å². The Morgan fingerprint density at radius 1 is 0.821 bits per heavy atom. The van der Waals surface area contributed by atoms with E-state index in [-0.39, 0.29) is 24.3 Å². The lowest BCUT2D eigenvalue weighted by Gasteiger charge is -2.54. The maximum atomic E-state index is 13.8. The van der Waals surface area contributed by atoms with Crippen molar-refractivity contribution in [1.82, 2.24) is 4.90 Å². The number of anilines is 1. The second kappa shape index (κ2) is 9.91. The number of rotatable bonds is 7. The summed E-state index contributed by atoms with van der Waals surface area (Å²) in [7, 11) is 0. The Labute approximate surface area is 249 Å². The molecule has 3 aliphatic carbocycles.